The minimum Gasteiger partial charge on any atom is -0.396 e. The van der Waals surface area contributed by atoms with Crippen molar-refractivity contribution >= 4 is 0 Å². The van der Waals surface area contributed by atoms with Crippen LogP contribution >= 0.6 is 0 Å². The van der Waals surface area contributed by atoms with E-state index in [1.807, 2.05) is 0 Å². The van der Waals surface area contributed by atoms with E-state index in [9.17, 15) is 0 Å². The van der Waals surface area contributed by atoms with Crippen molar-refractivity contribution in [2.24, 2.45) is 5.41 Å². The first-order valence-electron chi connectivity index (χ1n) is 6.50. The number of hydrogen-bond acceptors (Lipinski definition) is 3. The van der Waals surface area contributed by atoms with Crippen LogP contribution in [0.3, 0.4) is 0 Å². The maximum Gasteiger partial charge on any atom is 0.0588 e. The van der Waals surface area contributed by atoms with Crippen LogP contribution in [0.2, 0.25) is 0 Å². The highest BCUT2D eigenvalue weighted by molar-refractivity contribution is 4.80. The Kier molecular flexibility index (Phi) is 5.73. The molecule has 3 heteroatoms. The lowest BCUT2D eigenvalue weighted by Gasteiger charge is -2.31. The van der Waals surface area contributed by atoms with Crippen LogP contribution in [0.4, 0.5) is 0 Å². The molecular formula is C13H27NO2. The molecule has 1 aliphatic rings. The van der Waals surface area contributed by atoms with Gasteiger partial charge in [-0.25, -0.2) is 0 Å². The van der Waals surface area contributed by atoms with Crippen LogP contribution in [0.5, 0.6) is 0 Å². The molecule has 2 unspecified atom stereocenters. The first kappa shape index (κ1) is 13.9. The molecule has 1 aliphatic heterocycles. The predicted octanol–water partition coefficient (Wildman–Crippen LogP) is 1.94. The topological polar surface area (TPSA) is 41.5 Å². The number of rotatable bonds is 6. The molecule has 2 N–H and O–H groups in total. The Hall–Kier alpha value is -0.120. The Bertz CT molecular complexity index is 183. The lowest BCUT2D eigenvalue weighted by Crippen LogP contribution is -2.42. The maximum absolute atomic E-state index is 9.05. The Labute approximate surface area is 99.6 Å². The number of aliphatic hydroxyl groups excluding tert-OH is 1. The normalized spacial score (nSPS) is 23.6. The molecule has 0 aliphatic carbocycles. The van der Waals surface area contributed by atoms with Crippen molar-refractivity contribution < 1.29 is 9.84 Å². The summed E-state index contributed by atoms with van der Waals surface area (Å²) in [6.45, 7) is 8.83. The van der Waals surface area contributed by atoms with Gasteiger partial charge < -0.3 is 15.2 Å². The molecule has 0 bridgehead atoms. The van der Waals surface area contributed by atoms with Crippen molar-refractivity contribution in [3.63, 3.8) is 0 Å². The van der Waals surface area contributed by atoms with Gasteiger partial charge in [0.15, 0.2) is 0 Å². The summed E-state index contributed by atoms with van der Waals surface area (Å²) in [4.78, 5) is 0. The van der Waals surface area contributed by atoms with E-state index < -0.39 is 0 Å². The van der Waals surface area contributed by atoms with Gasteiger partial charge >= 0.3 is 0 Å². The van der Waals surface area contributed by atoms with Crippen molar-refractivity contribution in [2.45, 2.75) is 58.6 Å². The maximum atomic E-state index is 9.05. The van der Waals surface area contributed by atoms with E-state index in [1.54, 1.807) is 0 Å². The molecule has 1 rings (SSSR count). The zero-order valence-electron chi connectivity index (χ0n) is 11.0. The highest BCUT2D eigenvalue weighted by Crippen LogP contribution is 2.22. The number of nitrogens with one attached hydrogen (secondary N) is 1. The van der Waals surface area contributed by atoms with Gasteiger partial charge in [0.1, 0.15) is 0 Å². The fraction of sp³-hybridized carbons (Fsp3) is 1.00. The molecule has 0 saturated carbocycles. The van der Waals surface area contributed by atoms with Crippen LogP contribution in [0, 0.1) is 5.41 Å². The first-order chi connectivity index (χ1) is 7.54. The summed E-state index contributed by atoms with van der Waals surface area (Å²) in [6, 6.07) is 0.388. The summed E-state index contributed by atoms with van der Waals surface area (Å²) in [5.41, 5.74) is 0.208. The zero-order chi connectivity index (χ0) is 12.0. The van der Waals surface area contributed by atoms with E-state index in [-0.39, 0.29) is 12.0 Å². The third-order valence-electron chi connectivity index (χ3n) is 3.34. The second kappa shape index (κ2) is 6.58. The second-order valence-corrected chi connectivity index (χ2v) is 5.81. The van der Waals surface area contributed by atoms with Gasteiger partial charge in [-0.05, 0) is 37.6 Å². The molecule has 1 fully saturated rings. The summed E-state index contributed by atoms with van der Waals surface area (Å²) < 4.78 is 5.59. The van der Waals surface area contributed by atoms with Gasteiger partial charge in [0.25, 0.3) is 0 Å². The van der Waals surface area contributed by atoms with Crippen molar-refractivity contribution in [3.05, 3.63) is 0 Å². The summed E-state index contributed by atoms with van der Waals surface area (Å²) in [6.07, 6.45) is 4.81. The molecule has 1 heterocycles. The Morgan fingerprint density at radius 3 is 2.69 bits per heavy atom. The van der Waals surface area contributed by atoms with Gasteiger partial charge in [-0.1, -0.05) is 20.8 Å². The number of ether oxygens (including phenoxy) is 1. The fourth-order valence-electron chi connectivity index (χ4n) is 2.26. The Morgan fingerprint density at radius 1 is 1.44 bits per heavy atom. The average Bonchev–Trinajstić information content (AvgIpc) is 2.67. The zero-order valence-corrected chi connectivity index (χ0v) is 11.0. The third-order valence-corrected chi connectivity index (χ3v) is 3.34. The molecule has 96 valence electrons. The summed E-state index contributed by atoms with van der Waals surface area (Å²) in [7, 11) is 0. The number of hydrogen-bond donors (Lipinski definition) is 2. The highest BCUT2D eigenvalue weighted by atomic mass is 16.5. The van der Waals surface area contributed by atoms with Gasteiger partial charge in [-0.2, -0.15) is 0 Å². The van der Waals surface area contributed by atoms with Crippen LogP contribution in [0.15, 0.2) is 0 Å². The monoisotopic (exact) mass is 229 g/mol. The van der Waals surface area contributed by atoms with Gasteiger partial charge in [-0.15, -0.1) is 0 Å². The molecule has 0 aromatic carbocycles. The summed E-state index contributed by atoms with van der Waals surface area (Å²) >= 11 is 0. The quantitative estimate of drug-likeness (QED) is 0.731. The molecule has 0 spiro atoms. The highest BCUT2D eigenvalue weighted by Gasteiger charge is 2.24. The molecule has 1 saturated heterocycles. The molecular weight excluding hydrogens is 202 g/mol. The summed E-state index contributed by atoms with van der Waals surface area (Å²) in [5, 5.41) is 12.6. The lowest BCUT2D eigenvalue weighted by atomic mass is 9.85. The minimum atomic E-state index is 0.208. The molecule has 3 nitrogen and oxygen atoms in total. The van der Waals surface area contributed by atoms with E-state index in [4.69, 9.17) is 9.84 Å². The largest absolute Gasteiger partial charge is 0.396 e. The summed E-state index contributed by atoms with van der Waals surface area (Å²) in [5.74, 6) is 0. The second-order valence-electron chi connectivity index (χ2n) is 5.81. The fourth-order valence-corrected chi connectivity index (χ4v) is 2.26. The minimum absolute atomic E-state index is 0.208. The van der Waals surface area contributed by atoms with Crippen LogP contribution < -0.4 is 5.32 Å². The van der Waals surface area contributed by atoms with Gasteiger partial charge in [0.2, 0.25) is 0 Å². The van der Waals surface area contributed by atoms with Crippen molar-refractivity contribution in [1.82, 2.24) is 5.32 Å². The molecule has 0 aromatic heterocycles. The average molecular weight is 229 g/mol. The van der Waals surface area contributed by atoms with E-state index in [2.05, 4.69) is 26.1 Å². The molecule has 0 radical (unpaired) electrons. The predicted molar refractivity (Wildman–Crippen MR) is 66.5 cm³/mol. The van der Waals surface area contributed by atoms with E-state index in [0.717, 1.165) is 26.0 Å². The van der Waals surface area contributed by atoms with E-state index in [1.165, 1.54) is 12.8 Å². The third kappa shape index (κ3) is 4.81. The molecule has 0 aromatic rings. The molecule has 16 heavy (non-hydrogen) atoms. The molecule has 0 amide bonds. The number of aliphatic hydroxyl groups is 1. The Balaban J connectivity index is 2.21. The smallest absolute Gasteiger partial charge is 0.0588 e. The van der Waals surface area contributed by atoms with Crippen molar-refractivity contribution in [1.29, 1.82) is 0 Å². The van der Waals surface area contributed by atoms with Crippen molar-refractivity contribution in [3.8, 4) is 0 Å². The van der Waals surface area contributed by atoms with Gasteiger partial charge in [0, 0.05) is 19.3 Å². The van der Waals surface area contributed by atoms with E-state index in [0.29, 0.717) is 12.1 Å². The SMILES string of the molecule is CC(C)(C)C(CCO)NCCC1CCCO1. The van der Waals surface area contributed by atoms with Crippen LogP contribution in [-0.4, -0.2) is 37.0 Å². The van der Waals surface area contributed by atoms with Crippen LogP contribution in [0.25, 0.3) is 0 Å². The van der Waals surface area contributed by atoms with Gasteiger partial charge in [0.05, 0.1) is 6.10 Å². The van der Waals surface area contributed by atoms with Crippen molar-refractivity contribution in [2.75, 3.05) is 19.8 Å². The standard InChI is InChI=1S/C13H27NO2/c1-13(2,3)12(7-9-15)14-8-6-11-5-4-10-16-11/h11-12,14-15H,4-10H2,1-3H3. The van der Waals surface area contributed by atoms with E-state index >= 15 is 0 Å². The first-order valence-corrected chi connectivity index (χ1v) is 6.50. The van der Waals surface area contributed by atoms with Gasteiger partial charge in [-0.3, -0.25) is 0 Å². The van der Waals surface area contributed by atoms with Crippen LogP contribution in [-0.2, 0) is 4.74 Å². The Morgan fingerprint density at radius 2 is 2.19 bits per heavy atom. The lowest BCUT2D eigenvalue weighted by molar-refractivity contribution is 0.100. The van der Waals surface area contributed by atoms with Crippen LogP contribution in [0.1, 0.15) is 46.5 Å². The molecule has 2 atom stereocenters.